The maximum Gasteiger partial charge on any atom is 0.725 e. The van der Waals surface area contributed by atoms with Crippen LogP contribution in [0.4, 0.5) is 0 Å². The average molecular weight is 330 g/mol. The molecule has 0 aliphatic heterocycles. The lowest BCUT2D eigenvalue weighted by Crippen LogP contribution is -2.42. The number of aryl methyl sites for hydroxylation is 2. The molecule has 0 atom stereocenters. The second-order valence-corrected chi connectivity index (χ2v) is 6.95. The summed E-state index contributed by atoms with van der Waals surface area (Å²) in [5, 5.41) is 0. The van der Waals surface area contributed by atoms with Gasteiger partial charge in [0.25, 0.3) is 0 Å². The molecule has 1 aromatic carbocycles. The van der Waals surface area contributed by atoms with Crippen LogP contribution in [0, 0.1) is 44.5 Å². The minimum Gasteiger partial charge on any atom is -0.496 e. The fraction of sp³-hybridized carbons (Fsp3) is 0.294. The van der Waals surface area contributed by atoms with E-state index in [2.05, 4.69) is 0 Å². The predicted octanol–water partition coefficient (Wildman–Crippen LogP) is 2.32. The van der Waals surface area contributed by atoms with E-state index in [9.17, 15) is 0 Å². The van der Waals surface area contributed by atoms with Gasteiger partial charge in [-0.05, 0) is 36.6 Å². The molecule has 0 spiro atoms. The van der Waals surface area contributed by atoms with Crippen LogP contribution in [0.2, 0.25) is 6.04 Å². The van der Waals surface area contributed by atoms with Gasteiger partial charge in [0.1, 0.15) is 11.5 Å². The van der Waals surface area contributed by atoms with Gasteiger partial charge in [-0.3, -0.25) is 0 Å². The van der Waals surface area contributed by atoms with Crippen molar-refractivity contribution in [1.82, 2.24) is 0 Å². The predicted molar refractivity (Wildman–Crippen MR) is 88.3 cm³/mol. The van der Waals surface area contributed by atoms with Crippen molar-refractivity contribution in [2.45, 2.75) is 19.4 Å². The van der Waals surface area contributed by atoms with E-state index in [4.69, 9.17) is 42.0 Å². The van der Waals surface area contributed by atoms with Gasteiger partial charge in [-0.1, -0.05) is 19.3 Å². The Morgan fingerprint density at radius 1 is 0.913 bits per heavy atom. The molecule has 0 unspecified atom stereocenters. The van der Waals surface area contributed by atoms with Crippen molar-refractivity contribution in [3.8, 4) is 49.1 Å². The Kier molecular flexibility index (Phi) is 6.74. The van der Waals surface area contributed by atoms with Gasteiger partial charge in [0.05, 0.1) is 38.6 Å². The van der Waals surface area contributed by atoms with Crippen LogP contribution in [0.15, 0.2) is 12.1 Å². The van der Waals surface area contributed by atoms with Gasteiger partial charge in [0.15, 0.2) is 0 Å². The first-order chi connectivity index (χ1) is 11.1. The van der Waals surface area contributed by atoms with E-state index in [0.29, 0.717) is 12.2 Å². The minimum atomic E-state index is -3.36. The SMILES string of the molecule is C#CO[Si](CCc1cc(OC)c(C)cc1OC)(OC#C)OC#C. The molecule has 6 heteroatoms. The molecule has 0 radical (unpaired) electrons. The van der Waals surface area contributed by atoms with Crippen LogP contribution in [0.5, 0.6) is 11.5 Å². The van der Waals surface area contributed by atoms with Crippen LogP contribution in [0.25, 0.3) is 0 Å². The first-order valence-electron chi connectivity index (χ1n) is 6.68. The molecule has 0 saturated heterocycles. The third-order valence-corrected chi connectivity index (χ3v) is 5.29. The van der Waals surface area contributed by atoms with Gasteiger partial charge in [-0.15, -0.1) is 0 Å². The molecule has 0 saturated carbocycles. The Balaban J connectivity index is 3.08. The Labute approximate surface area is 138 Å². The third kappa shape index (κ3) is 4.54. The molecule has 0 bridgehead atoms. The van der Waals surface area contributed by atoms with E-state index in [-0.39, 0.29) is 6.04 Å². The number of benzene rings is 1. The van der Waals surface area contributed by atoms with Crippen molar-refractivity contribution in [1.29, 1.82) is 0 Å². The van der Waals surface area contributed by atoms with Crippen molar-refractivity contribution in [2.24, 2.45) is 0 Å². The summed E-state index contributed by atoms with van der Waals surface area (Å²) < 4.78 is 26.2. The van der Waals surface area contributed by atoms with Gasteiger partial charge in [-0.2, -0.15) is 0 Å². The van der Waals surface area contributed by atoms with Gasteiger partial charge >= 0.3 is 8.80 Å². The summed E-state index contributed by atoms with van der Waals surface area (Å²) in [6.45, 7) is 1.93. The highest BCUT2D eigenvalue weighted by Crippen LogP contribution is 2.30. The Hall–Kier alpha value is -2.88. The Bertz CT molecular complexity index is 622. The van der Waals surface area contributed by atoms with Crippen molar-refractivity contribution in [3.63, 3.8) is 0 Å². The van der Waals surface area contributed by atoms with Crippen LogP contribution in [-0.2, 0) is 19.7 Å². The van der Waals surface area contributed by atoms with Crippen molar-refractivity contribution in [2.75, 3.05) is 14.2 Å². The van der Waals surface area contributed by atoms with Crippen molar-refractivity contribution < 1.29 is 22.8 Å². The number of methoxy groups -OCH3 is 2. The Morgan fingerprint density at radius 3 is 1.87 bits per heavy atom. The lowest BCUT2D eigenvalue weighted by molar-refractivity contribution is 0.212. The third-order valence-electron chi connectivity index (χ3n) is 3.14. The second kappa shape index (κ2) is 8.53. The van der Waals surface area contributed by atoms with E-state index in [1.165, 1.54) is 0 Å². The zero-order valence-corrected chi connectivity index (χ0v) is 14.3. The molecule has 0 heterocycles. The summed E-state index contributed by atoms with van der Waals surface area (Å²) in [4.78, 5) is 0. The zero-order valence-electron chi connectivity index (χ0n) is 13.3. The molecule has 0 fully saturated rings. The maximum atomic E-state index is 5.39. The largest absolute Gasteiger partial charge is 0.725 e. The fourth-order valence-corrected chi connectivity index (χ4v) is 3.63. The molecule has 0 amide bonds. The van der Waals surface area contributed by atoms with Crippen LogP contribution < -0.4 is 9.47 Å². The number of rotatable bonds is 8. The normalized spacial score (nSPS) is 9.74. The van der Waals surface area contributed by atoms with E-state index in [1.807, 2.05) is 37.4 Å². The molecule has 0 aromatic heterocycles. The van der Waals surface area contributed by atoms with Crippen LogP contribution in [-0.4, -0.2) is 23.0 Å². The summed E-state index contributed by atoms with van der Waals surface area (Å²) >= 11 is 0. The monoisotopic (exact) mass is 330 g/mol. The summed E-state index contributed by atoms with van der Waals surface area (Å²) in [5.41, 5.74) is 1.82. The highest BCUT2D eigenvalue weighted by Gasteiger charge is 2.48. The van der Waals surface area contributed by atoms with E-state index in [0.717, 1.165) is 16.9 Å². The van der Waals surface area contributed by atoms with Crippen molar-refractivity contribution >= 4 is 8.80 Å². The van der Waals surface area contributed by atoms with Crippen molar-refractivity contribution in [3.05, 3.63) is 23.3 Å². The summed E-state index contributed by atoms with van der Waals surface area (Å²) in [6, 6.07) is 4.03. The maximum absolute atomic E-state index is 5.39. The summed E-state index contributed by atoms with van der Waals surface area (Å²) in [5.74, 6) is 1.44. The van der Waals surface area contributed by atoms with Gasteiger partial charge in [0, 0.05) is 0 Å². The van der Waals surface area contributed by atoms with E-state index >= 15 is 0 Å². The highest BCUT2D eigenvalue weighted by molar-refractivity contribution is 6.61. The zero-order chi connectivity index (χ0) is 17.3. The molecule has 1 aromatic rings. The second-order valence-electron chi connectivity index (χ2n) is 4.48. The molecule has 120 valence electrons. The first-order valence-corrected chi connectivity index (χ1v) is 8.61. The molecule has 0 N–H and O–H groups in total. The van der Waals surface area contributed by atoms with Crippen LogP contribution in [0.1, 0.15) is 11.1 Å². The summed E-state index contributed by atoms with van der Waals surface area (Å²) in [6.07, 6.45) is 22.1. The van der Waals surface area contributed by atoms with E-state index in [1.54, 1.807) is 14.2 Å². The van der Waals surface area contributed by atoms with Gasteiger partial charge in [-0.25, -0.2) is 0 Å². The number of ether oxygens (including phenoxy) is 2. The molecule has 0 aliphatic carbocycles. The van der Waals surface area contributed by atoms with Crippen LogP contribution >= 0.6 is 0 Å². The Morgan fingerprint density at radius 2 is 1.43 bits per heavy atom. The van der Waals surface area contributed by atoms with Crippen LogP contribution in [0.3, 0.4) is 0 Å². The fourth-order valence-electron chi connectivity index (χ4n) is 2.08. The lowest BCUT2D eigenvalue weighted by atomic mass is 10.1. The lowest BCUT2D eigenvalue weighted by Gasteiger charge is -2.21. The molecule has 5 nitrogen and oxygen atoms in total. The highest BCUT2D eigenvalue weighted by atomic mass is 28.4. The first kappa shape index (κ1) is 18.2. The topological polar surface area (TPSA) is 46.2 Å². The molecule has 0 aliphatic rings. The number of terminal acetylenes is 3. The minimum absolute atomic E-state index is 0.286. The van der Waals surface area contributed by atoms with Gasteiger partial charge in [0.2, 0.25) is 0 Å². The molecular weight excluding hydrogens is 312 g/mol. The smallest absolute Gasteiger partial charge is 0.496 e. The number of hydrogen-bond donors (Lipinski definition) is 0. The van der Waals surface area contributed by atoms with E-state index < -0.39 is 8.80 Å². The van der Waals surface area contributed by atoms with Gasteiger partial charge < -0.3 is 22.8 Å². The standard InChI is InChI=1S/C17H18O5Si/c1-7-20-23(21-8-2,22-9-3)11-10-15-13-16(18-5)14(4)12-17(15)19-6/h1-3,12-13H,10-11H2,4-6H3. The average Bonchev–Trinajstić information content (AvgIpc) is 2.54. The molecular formula is C17H18O5Si. The molecule has 23 heavy (non-hydrogen) atoms. The quantitative estimate of drug-likeness (QED) is 0.541. The number of hydrogen-bond acceptors (Lipinski definition) is 5. The molecule has 1 rings (SSSR count). The summed E-state index contributed by atoms with van der Waals surface area (Å²) in [7, 11) is -0.174.